The first-order valence-electron chi connectivity index (χ1n) is 8.70. The number of nitrogens with one attached hydrogen (secondary N) is 1. The topological polar surface area (TPSA) is 64.6 Å². The zero-order valence-electron chi connectivity index (χ0n) is 16.2. The van der Waals surface area contributed by atoms with Gasteiger partial charge in [0.05, 0.1) is 7.11 Å². The summed E-state index contributed by atoms with van der Waals surface area (Å²) in [6, 6.07) is 12.0. The molecule has 0 bridgehead atoms. The maximum absolute atomic E-state index is 12.1. The molecule has 0 saturated heterocycles. The fourth-order valence-corrected chi connectivity index (χ4v) is 3.10. The molecule has 0 saturated carbocycles. The number of carbonyl (C=O) groups is 2. The van der Waals surface area contributed by atoms with E-state index in [1.165, 1.54) is 7.11 Å². The van der Waals surface area contributed by atoms with Crippen molar-refractivity contribution in [3.63, 3.8) is 0 Å². The van der Waals surface area contributed by atoms with Crippen LogP contribution in [0.25, 0.3) is 11.1 Å². The number of alkyl carbamates (subject to hydrolysis) is 1. The van der Waals surface area contributed by atoms with Gasteiger partial charge in [-0.15, -0.1) is 0 Å². The van der Waals surface area contributed by atoms with Crippen LogP contribution in [-0.2, 0) is 20.7 Å². The molecular weight excluding hydrogens is 401 g/mol. The van der Waals surface area contributed by atoms with Crippen LogP contribution >= 0.6 is 23.2 Å². The van der Waals surface area contributed by atoms with Crippen molar-refractivity contribution >= 4 is 35.3 Å². The molecule has 0 aliphatic carbocycles. The number of carbonyl (C=O) groups excluding carboxylic acids is 2. The van der Waals surface area contributed by atoms with Gasteiger partial charge in [0.15, 0.2) is 0 Å². The molecule has 0 aliphatic heterocycles. The molecule has 5 nitrogen and oxygen atoms in total. The first-order valence-corrected chi connectivity index (χ1v) is 9.46. The van der Waals surface area contributed by atoms with Crippen molar-refractivity contribution in [1.29, 1.82) is 0 Å². The van der Waals surface area contributed by atoms with E-state index in [-0.39, 0.29) is 6.42 Å². The SMILES string of the molecule is COC(=O)[C@@H](Cc1ccc(-c2cc(Cl)cc(Cl)c2)cc1)NC(=O)OC(C)(C)C. The molecular formula is C21H23Cl2NO4. The number of halogens is 2. The Morgan fingerprint density at radius 1 is 1.00 bits per heavy atom. The fourth-order valence-electron chi connectivity index (χ4n) is 2.57. The first kappa shape index (κ1) is 22.1. The van der Waals surface area contributed by atoms with Gasteiger partial charge in [0.25, 0.3) is 0 Å². The zero-order chi connectivity index (χ0) is 20.9. The minimum atomic E-state index is -0.855. The Morgan fingerprint density at radius 3 is 2.07 bits per heavy atom. The van der Waals surface area contributed by atoms with Gasteiger partial charge < -0.3 is 14.8 Å². The molecule has 0 spiro atoms. The number of hydrogen-bond donors (Lipinski definition) is 1. The van der Waals surface area contributed by atoms with Crippen LogP contribution in [-0.4, -0.2) is 30.8 Å². The van der Waals surface area contributed by atoms with E-state index in [0.717, 1.165) is 16.7 Å². The number of benzene rings is 2. The Hall–Kier alpha value is -2.24. The summed E-state index contributed by atoms with van der Waals surface area (Å²) in [5.41, 5.74) is 2.01. The second-order valence-electron chi connectivity index (χ2n) is 7.28. The molecule has 28 heavy (non-hydrogen) atoms. The Bertz CT molecular complexity index is 824. The number of amides is 1. The van der Waals surface area contributed by atoms with E-state index in [9.17, 15) is 9.59 Å². The van der Waals surface area contributed by atoms with Crippen molar-refractivity contribution in [2.24, 2.45) is 0 Å². The van der Waals surface area contributed by atoms with Crippen molar-refractivity contribution in [3.8, 4) is 11.1 Å². The summed E-state index contributed by atoms with van der Waals surface area (Å²) in [5, 5.41) is 3.67. The van der Waals surface area contributed by atoms with Crippen LogP contribution in [0.5, 0.6) is 0 Å². The molecule has 2 rings (SSSR count). The molecule has 7 heteroatoms. The first-order chi connectivity index (χ1) is 13.1. The van der Waals surface area contributed by atoms with Crippen LogP contribution in [0.3, 0.4) is 0 Å². The van der Waals surface area contributed by atoms with Gasteiger partial charge >= 0.3 is 12.1 Å². The van der Waals surface area contributed by atoms with Crippen molar-refractivity contribution in [2.75, 3.05) is 7.11 Å². The van der Waals surface area contributed by atoms with E-state index in [1.807, 2.05) is 36.4 Å². The lowest BCUT2D eigenvalue weighted by molar-refractivity contribution is -0.143. The van der Waals surface area contributed by atoms with Gasteiger partial charge in [0.1, 0.15) is 11.6 Å². The van der Waals surface area contributed by atoms with Gasteiger partial charge in [-0.3, -0.25) is 0 Å². The second-order valence-corrected chi connectivity index (χ2v) is 8.15. The van der Waals surface area contributed by atoms with E-state index in [2.05, 4.69) is 5.32 Å². The third-order valence-corrected chi connectivity index (χ3v) is 4.20. The molecule has 1 atom stereocenters. The largest absolute Gasteiger partial charge is 0.467 e. The summed E-state index contributed by atoms with van der Waals surface area (Å²) in [6.45, 7) is 5.25. The molecule has 2 aromatic rings. The highest BCUT2D eigenvalue weighted by Gasteiger charge is 2.25. The molecule has 1 N–H and O–H groups in total. The Balaban J connectivity index is 2.14. The minimum absolute atomic E-state index is 0.266. The van der Waals surface area contributed by atoms with Crippen molar-refractivity contribution in [2.45, 2.75) is 38.8 Å². The van der Waals surface area contributed by atoms with Crippen LogP contribution in [0.2, 0.25) is 10.0 Å². The van der Waals surface area contributed by atoms with Gasteiger partial charge in [0, 0.05) is 16.5 Å². The molecule has 0 fully saturated rings. The average Bonchev–Trinajstić information content (AvgIpc) is 2.58. The molecule has 0 aromatic heterocycles. The number of rotatable bonds is 5. The summed E-state index contributed by atoms with van der Waals surface area (Å²) in [7, 11) is 1.28. The van der Waals surface area contributed by atoms with Crippen molar-refractivity contribution in [3.05, 3.63) is 58.1 Å². The standard InChI is InChI=1S/C21H23Cl2NO4/c1-21(2,3)28-20(26)24-18(19(25)27-4)9-13-5-7-14(8-6-13)15-10-16(22)12-17(23)11-15/h5-8,10-12,18H,9H2,1-4H3,(H,24,26)/t18-/m1/s1. The summed E-state index contributed by atoms with van der Waals surface area (Å²) in [6.07, 6.45) is -0.407. The van der Waals surface area contributed by atoms with Crippen molar-refractivity contribution in [1.82, 2.24) is 5.32 Å². The quantitative estimate of drug-likeness (QED) is 0.665. The predicted molar refractivity (Wildman–Crippen MR) is 111 cm³/mol. The molecule has 0 aliphatic rings. The van der Waals surface area contributed by atoms with Crippen LogP contribution < -0.4 is 5.32 Å². The average molecular weight is 424 g/mol. The zero-order valence-corrected chi connectivity index (χ0v) is 17.7. The lowest BCUT2D eigenvalue weighted by Crippen LogP contribution is -2.45. The van der Waals surface area contributed by atoms with Crippen LogP contribution in [0.4, 0.5) is 4.79 Å². The van der Waals surface area contributed by atoms with E-state index in [0.29, 0.717) is 10.0 Å². The highest BCUT2D eigenvalue weighted by atomic mass is 35.5. The number of methoxy groups -OCH3 is 1. The number of hydrogen-bond acceptors (Lipinski definition) is 4. The maximum Gasteiger partial charge on any atom is 0.408 e. The monoisotopic (exact) mass is 423 g/mol. The van der Waals surface area contributed by atoms with E-state index < -0.39 is 23.7 Å². The minimum Gasteiger partial charge on any atom is -0.467 e. The maximum atomic E-state index is 12.1. The summed E-state index contributed by atoms with van der Waals surface area (Å²) < 4.78 is 10.0. The molecule has 1 amide bonds. The smallest absolute Gasteiger partial charge is 0.408 e. The highest BCUT2D eigenvalue weighted by molar-refractivity contribution is 6.35. The van der Waals surface area contributed by atoms with E-state index >= 15 is 0 Å². The third-order valence-electron chi connectivity index (χ3n) is 3.77. The normalized spacial score (nSPS) is 12.2. The molecule has 0 heterocycles. The molecule has 2 aromatic carbocycles. The van der Waals surface area contributed by atoms with E-state index in [4.69, 9.17) is 32.7 Å². The Morgan fingerprint density at radius 2 is 1.57 bits per heavy atom. The number of ether oxygens (including phenoxy) is 2. The lowest BCUT2D eigenvalue weighted by Gasteiger charge is -2.22. The van der Waals surface area contributed by atoms with E-state index in [1.54, 1.807) is 26.8 Å². The fraction of sp³-hybridized carbons (Fsp3) is 0.333. The van der Waals surface area contributed by atoms with Crippen molar-refractivity contribution < 1.29 is 19.1 Å². The molecule has 0 unspecified atom stereocenters. The van der Waals surface area contributed by atoms with Crippen LogP contribution in [0.1, 0.15) is 26.3 Å². The Kier molecular flexibility index (Phi) is 7.33. The highest BCUT2D eigenvalue weighted by Crippen LogP contribution is 2.27. The van der Waals surface area contributed by atoms with Crippen LogP contribution in [0, 0.1) is 0 Å². The summed E-state index contributed by atoms with van der Waals surface area (Å²) >= 11 is 12.1. The van der Waals surface area contributed by atoms with Gasteiger partial charge in [-0.25, -0.2) is 9.59 Å². The van der Waals surface area contributed by atoms with Gasteiger partial charge in [0.2, 0.25) is 0 Å². The summed E-state index contributed by atoms with van der Waals surface area (Å²) in [4.78, 5) is 24.1. The van der Waals surface area contributed by atoms with Gasteiger partial charge in [-0.05, 0) is 55.7 Å². The number of esters is 1. The Labute approximate surface area is 174 Å². The third kappa shape index (κ3) is 6.73. The van der Waals surface area contributed by atoms with Crippen LogP contribution in [0.15, 0.2) is 42.5 Å². The second kappa shape index (κ2) is 9.30. The summed E-state index contributed by atoms with van der Waals surface area (Å²) in [5.74, 6) is -0.545. The molecule has 0 radical (unpaired) electrons. The van der Waals surface area contributed by atoms with Gasteiger partial charge in [-0.1, -0.05) is 47.5 Å². The molecule has 150 valence electrons. The predicted octanol–water partition coefficient (Wildman–Crippen LogP) is 5.27. The van der Waals surface area contributed by atoms with Gasteiger partial charge in [-0.2, -0.15) is 0 Å². The lowest BCUT2D eigenvalue weighted by atomic mass is 10.0.